The van der Waals surface area contributed by atoms with E-state index in [0.717, 1.165) is 24.8 Å². The maximum absolute atomic E-state index is 11.0. The maximum Gasteiger partial charge on any atom is 0.335 e. The average molecular weight is 383 g/mol. The Kier molecular flexibility index (Phi) is 5.10. The lowest BCUT2D eigenvalue weighted by Gasteiger charge is -2.32. The Labute approximate surface area is 172 Å². The van der Waals surface area contributed by atoms with Gasteiger partial charge in [-0.2, -0.15) is 0 Å². The minimum absolute atomic E-state index is 0.138. The van der Waals surface area contributed by atoms with Crippen LogP contribution >= 0.6 is 0 Å². The number of hydrogen-bond donors (Lipinski definition) is 1. The van der Waals surface area contributed by atoms with Crippen LogP contribution in [0, 0.1) is 0 Å². The van der Waals surface area contributed by atoms with Gasteiger partial charge in [-0.25, -0.2) is 4.79 Å². The summed E-state index contributed by atoms with van der Waals surface area (Å²) in [7, 11) is 0. The van der Waals surface area contributed by atoms with Crippen LogP contribution < -0.4 is 0 Å². The third-order valence-corrected chi connectivity index (χ3v) is 5.91. The van der Waals surface area contributed by atoms with Crippen molar-refractivity contribution in [2.45, 2.75) is 38.5 Å². The summed E-state index contributed by atoms with van der Waals surface area (Å²) in [5.41, 5.74) is 8.29. The highest BCUT2D eigenvalue weighted by molar-refractivity contribution is 5.87. The molecule has 0 radical (unpaired) electrons. The molecule has 0 unspecified atom stereocenters. The van der Waals surface area contributed by atoms with Gasteiger partial charge in [0, 0.05) is 0 Å². The van der Waals surface area contributed by atoms with Gasteiger partial charge in [0.15, 0.2) is 0 Å². The van der Waals surface area contributed by atoms with Crippen molar-refractivity contribution in [3.05, 3.63) is 112 Å². The number of carbonyl (C=O) groups is 1. The topological polar surface area (TPSA) is 37.3 Å². The van der Waals surface area contributed by atoms with Crippen molar-refractivity contribution in [2.75, 3.05) is 0 Å². The van der Waals surface area contributed by atoms with Crippen molar-refractivity contribution in [1.29, 1.82) is 0 Å². The van der Waals surface area contributed by atoms with Crippen LogP contribution in [0.1, 0.15) is 58.4 Å². The molecule has 1 N–H and O–H groups in total. The molecular weight excluding hydrogens is 356 g/mol. The first kappa shape index (κ1) is 19.2. The Morgan fingerprint density at radius 3 is 2.24 bits per heavy atom. The third kappa shape index (κ3) is 4.02. The average Bonchev–Trinajstić information content (AvgIpc) is 2.73. The monoisotopic (exact) mass is 382 g/mol. The Morgan fingerprint density at radius 1 is 0.897 bits per heavy atom. The first-order valence-corrected chi connectivity index (χ1v) is 10.2. The molecule has 1 aliphatic carbocycles. The van der Waals surface area contributed by atoms with Crippen molar-refractivity contribution >= 4 is 11.5 Å². The molecule has 0 saturated carbocycles. The molecule has 1 aliphatic rings. The number of hydrogen-bond acceptors (Lipinski definition) is 1. The van der Waals surface area contributed by atoms with E-state index in [-0.39, 0.29) is 5.41 Å². The summed E-state index contributed by atoms with van der Waals surface area (Å²) in [6.07, 6.45) is 5.25. The number of fused-ring (bicyclic) bond motifs is 1. The van der Waals surface area contributed by atoms with Gasteiger partial charge >= 0.3 is 5.97 Å². The van der Waals surface area contributed by atoms with E-state index < -0.39 is 5.97 Å². The lowest BCUT2D eigenvalue weighted by Crippen LogP contribution is -2.22. The highest BCUT2D eigenvalue weighted by Crippen LogP contribution is 2.41. The molecule has 0 spiro atoms. The molecule has 0 fully saturated rings. The molecular formula is C27H26O2. The zero-order chi connectivity index (χ0) is 20.4. The molecule has 4 rings (SSSR count). The van der Waals surface area contributed by atoms with Crippen LogP contribution in [0.15, 0.2) is 78.9 Å². The quantitative estimate of drug-likeness (QED) is 0.563. The van der Waals surface area contributed by atoms with Gasteiger partial charge in [0.25, 0.3) is 0 Å². The van der Waals surface area contributed by atoms with Crippen molar-refractivity contribution in [3.8, 4) is 0 Å². The molecule has 0 heterocycles. The first-order valence-electron chi connectivity index (χ1n) is 10.2. The van der Waals surface area contributed by atoms with E-state index in [9.17, 15) is 4.79 Å². The number of aromatic carboxylic acids is 1. The zero-order valence-corrected chi connectivity index (χ0v) is 17.0. The lowest BCUT2D eigenvalue weighted by molar-refractivity contribution is 0.0697. The molecule has 146 valence electrons. The van der Waals surface area contributed by atoms with Crippen molar-refractivity contribution < 1.29 is 9.90 Å². The highest BCUT2D eigenvalue weighted by atomic mass is 16.4. The molecule has 3 aromatic rings. The number of carboxylic acids is 1. The van der Waals surface area contributed by atoms with Crippen molar-refractivity contribution in [3.63, 3.8) is 0 Å². The molecule has 0 amide bonds. The Morgan fingerprint density at radius 2 is 1.55 bits per heavy atom. The van der Waals surface area contributed by atoms with Gasteiger partial charge < -0.3 is 5.11 Å². The lowest BCUT2D eigenvalue weighted by atomic mass is 9.71. The van der Waals surface area contributed by atoms with Gasteiger partial charge in [-0.05, 0) is 70.2 Å². The fourth-order valence-corrected chi connectivity index (χ4v) is 4.13. The van der Waals surface area contributed by atoms with Gasteiger partial charge in [0.2, 0.25) is 0 Å². The fraction of sp³-hybridized carbons (Fsp3) is 0.222. The van der Waals surface area contributed by atoms with Crippen LogP contribution in [0.3, 0.4) is 0 Å². The van der Waals surface area contributed by atoms with E-state index in [1.54, 1.807) is 12.1 Å². The molecule has 0 aromatic heterocycles. The first-order chi connectivity index (χ1) is 13.9. The summed E-state index contributed by atoms with van der Waals surface area (Å²) >= 11 is 0. The van der Waals surface area contributed by atoms with Crippen LogP contribution in [-0.2, 0) is 18.3 Å². The molecule has 3 aromatic carbocycles. The number of carboxylic acid groups (broad SMARTS) is 1. The van der Waals surface area contributed by atoms with Gasteiger partial charge in [0.1, 0.15) is 0 Å². The standard InChI is InChI=1S/C27H26O2/c1-27(2)17-16-23(21-6-4-3-5-7-21)24-18-20(12-15-25(24)27)9-8-19-10-13-22(14-11-19)26(28)29/h3-7,10-16,18H,8-9,17H2,1-2H3,(H,28,29). The molecule has 2 heteroatoms. The van der Waals surface area contributed by atoms with Crippen molar-refractivity contribution in [1.82, 2.24) is 0 Å². The van der Waals surface area contributed by atoms with Crippen LogP contribution in [0.2, 0.25) is 0 Å². The maximum atomic E-state index is 11.0. The highest BCUT2D eigenvalue weighted by Gasteiger charge is 2.28. The number of allylic oxidation sites excluding steroid dienone is 1. The second kappa shape index (κ2) is 7.71. The van der Waals surface area contributed by atoms with E-state index in [1.807, 2.05) is 12.1 Å². The molecule has 0 atom stereocenters. The second-order valence-electron chi connectivity index (χ2n) is 8.45. The van der Waals surface area contributed by atoms with E-state index in [4.69, 9.17) is 5.11 Å². The Hall–Kier alpha value is -3.13. The zero-order valence-electron chi connectivity index (χ0n) is 17.0. The van der Waals surface area contributed by atoms with Crippen LogP contribution in [0.25, 0.3) is 5.57 Å². The summed E-state index contributed by atoms with van der Waals surface area (Å²) < 4.78 is 0. The van der Waals surface area contributed by atoms with Crippen LogP contribution in [0.5, 0.6) is 0 Å². The molecule has 0 aliphatic heterocycles. The van der Waals surface area contributed by atoms with E-state index in [0.29, 0.717) is 5.56 Å². The summed E-state index contributed by atoms with van der Waals surface area (Å²) in [5, 5.41) is 9.05. The Balaban J connectivity index is 1.61. The predicted molar refractivity (Wildman–Crippen MR) is 118 cm³/mol. The SMILES string of the molecule is CC1(C)CC=C(c2ccccc2)c2cc(CCc3ccc(C(=O)O)cc3)ccc21. The predicted octanol–water partition coefficient (Wildman–Crippen LogP) is 6.28. The van der Waals surface area contributed by atoms with Gasteiger partial charge in [0.05, 0.1) is 5.56 Å². The van der Waals surface area contributed by atoms with E-state index in [1.165, 1.54) is 27.8 Å². The summed E-state index contributed by atoms with van der Waals surface area (Å²) in [6.45, 7) is 4.63. The number of aryl methyl sites for hydroxylation is 2. The minimum atomic E-state index is -0.880. The minimum Gasteiger partial charge on any atom is -0.478 e. The molecule has 2 nitrogen and oxygen atoms in total. The largest absolute Gasteiger partial charge is 0.478 e. The van der Waals surface area contributed by atoms with Crippen LogP contribution in [0.4, 0.5) is 0 Å². The van der Waals surface area contributed by atoms with Crippen LogP contribution in [-0.4, -0.2) is 11.1 Å². The third-order valence-electron chi connectivity index (χ3n) is 5.91. The van der Waals surface area contributed by atoms with Gasteiger partial charge in [-0.1, -0.05) is 80.6 Å². The smallest absolute Gasteiger partial charge is 0.335 e. The summed E-state index contributed by atoms with van der Waals surface area (Å²) in [5.74, 6) is -0.880. The molecule has 0 bridgehead atoms. The summed E-state index contributed by atoms with van der Waals surface area (Å²) in [4.78, 5) is 11.0. The second-order valence-corrected chi connectivity index (χ2v) is 8.45. The number of benzene rings is 3. The van der Waals surface area contributed by atoms with E-state index in [2.05, 4.69) is 68.5 Å². The number of rotatable bonds is 5. The normalized spacial score (nSPS) is 14.8. The van der Waals surface area contributed by atoms with Gasteiger partial charge in [-0.15, -0.1) is 0 Å². The Bertz CT molecular complexity index is 1060. The molecule has 29 heavy (non-hydrogen) atoms. The van der Waals surface area contributed by atoms with Gasteiger partial charge in [-0.3, -0.25) is 0 Å². The fourth-order valence-electron chi connectivity index (χ4n) is 4.13. The molecule has 0 saturated heterocycles. The summed E-state index contributed by atoms with van der Waals surface area (Å²) in [6, 6.07) is 24.7. The van der Waals surface area contributed by atoms with E-state index >= 15 is 0 Å². The van der Waals surface area contributed by atoms with Crippen molar-refractivity contribution in [2.24, 2.45) is 0 Å².